The van der Waals surface area contributed by atoms with Gasteiger partial charge in [0.25, 0.3) is 11.5 Å². The summed E-state index contributed by atoms with van der Waals surface area (Å²) in [7, 11) is 0. The standard InChI is InChI=1S/C15H18N4O4/c1-8-15(23-14(22)16-8)4-5-19(7-15)13(21)10-6-11(20)18-12(17-10)9-2-3-9/h6,8-9H,2-5,7H2,1H3,(H,16,22)(H,17,18,20). The van der Waals surface area contributed by atoms with Crippen molar-refractivity contribution in [2.45, 2.75) is 43.7 Å². The lowest BCUT2D eigenvalue weighted by Crippen LogP contribution is -2.45. The van der Waals surface area contributed by atoms with E-state index >= 15 is 0 Å². The van der Waals surface area contributed by atoms with Crippen LogP contribution >= 0.6 is 0 Å². The number of carbonyl (C=O) groups is 2. The molecule has 0 aromatic carbocycles. The Morgan fingerprint density at radius 1 is 1.43 bits per heavy atom. The number of H-pyrrole nitrogens is 1. The third-order valence-electron chi connectivity index (χ3n) is 4.91. The average Bonchev–Trinajstić information content (AvgIpc) is 3.21. The van der Waals surface area contributed by atoms with Crippen LogP contribution < -0.4 is 10.9 Å². The molecule has 1 aromatic rings. The van der Waals surface area contributed by atoms with E-state index in [1.54, 1.807) is 4.90 Å². The van der Waals surface area contributed by atoms with Gasteiger partial charge in [-0.05, 0) is 19.8 Å². The Bertz CT molecular complexity index is 741. The quantitative estimate of drug-likeness (QED) is 0.819. The van der Waals surface area contributed by atoms with Crippen LogP contribution in [0.25, 0.3) is 0 Å². The number of nitrogens with zero attached hydrogens (tertiary/aromatic N) is 2. The highest BCUT2D eigenvalue weighted by Crippen LogP contribution is 2.37. The first kappa shape index (κ1) is 14.2. The number of likely N-dealkylation sites (tertiary alicyclic amines) is 1. The lowest BCUT2D eigenvalue weighted by Gasteiger charge is -2.25. The lowest BCUT2D eigenvalue weighted by molar-refractivity contribution is 0.0429. The zero-order valence-corrected chi connectivity index (χ0v) is 12.8. The predicted octanol–water partition coefficient (Wildman–Crippen LogP) is 0.360. The van der Waals surface area contributed by atoms with Crippen molar-refractivity contribution in [1.29, 1.82) is 0 Å². The summed E-state index contributed by atoms with van der Waals surface area (Å²) >= 11 is 0. The number of hydrogen-bond donors (Lipinski definition) is 2. The maximum absolute atomic E-state index is 12.7. The molecule has 1 aromatic heterocycles. The minimum Gasteiger partial charge on any atom is -0.439 e. The Morgan fingerprint density at radius 2 is 2.22 bits per heavy atom. The van der Waals surface area contributed by atoms with Gasteiger partial charge in [-0.2, -0.15) is 0 Å². The Balaban J connectivity index is 1.56. The second-order valence-electron chi connectivity index (χ2n) is 6.59. The summed E-state index contributed by atoms with van der Waals surface area (Å²) in [4.78, 5) is 44.5. The molecule has 3 aliphatic rings. The molecule has 23 heavy (non-hydrogen) atoms. The Labute approximate surface area is 132 Å². The van der Waals surface area contributed by atoms with Gasteiger partial charge in [0.1, 0.15) is 11.5 Å². The van der Waals surface area contributed by atoms with Gasteiger partial charge >= 0.3 is 6.09 Å². The molecule has 0 bridgehead atoms. The zero-order valence-electron chi connectivity index (χ0n) is 12.8. The third kappa shape index (κ3) is 2.38. The molecule has 122 valence electrons. The molecule has 2 unspecified atom stereocenters. The van der Waals surface area contributed by atoms with Crippen molar-refractivity contribution in [3.63, 3.8) is 0 Å². The molecule has 2 amide bonds. The molecule has 2 atom stereocenters. The highest BCUT2D eigenvalue weighted by atomic mass is 16.6. The number of carbonyl (C=O) groups excluding carboxylic acids is 2. The molecule has 4 rings (SSSR count). The second kappa shape index (κ2) is 4.81. The number of aromatic nitrogens is 2. The Morgan fingerprint density at radius 3 is 2.87 bits per heavy atom. The molecule has 2 saturated heterocycles. The number of nitrogens with one attached hydrogen (secondary N) is 2. The van der Waals surface area contributed by atoms with Crippen molar-refractivity contribution in [2.75, 3.05) is 13.1 Å². The average molecular weight is 318 g/mol. The number of alkyl carbamates (subject to hydrolysis) is 1. The molecule has 8 heteroatoms. The molecule has 1 aliphatic carbocycles. The minimum atomic E-state index is -0.673. The summed E-state index contributed by atoms with van der Waals surface area (Å²) in [5.41, 5.74) is -0.813. The Kier molecular flexibility index (Phi) is 2.97. The Hall–Kier alpha value is -2.38. The van der Waals surface area contributed by atoms with Crippen molar-refractivity contribution in [3.8, 4) is 0 Å². The maximum Gasteiger partial charge on any atom is 0.408 e. The van der Waals surface area contributed by atoms with E-state index in [1.807, 2.05) is 6.92 Å². The van der Waals surface area contributed by atoms with Crippen molar-refractivity contribution in [1.82, 2.24) is 20.2 Å². The molecule has 3 fully saturated rings. The van der Waals surface area contributed by atoms with Crippen LogP contribution in [-0.2, 0) is 4.74 Å². The van der Waals surface area contributed by atoms with Gasteiger partial charge in [-0.3, -0.25) is 9.59 Å². The van der Waals surface area contributed by atoms with E-state index < -0.39 is 11.7 Å². The van der Waals surface area contributed by atoms with Crippen molar-refractivity contribution in [2.24, 2.45) is 0 Å². The lowest BCUT2D eigenvalue weighted by atomic mass is 9.95. The molecule has 8 nitrogen and oxygen atoms in total. The van der Waals surface area contributed by atoms with E-state index in [1.165, 1.54) is 6.07 Å². The van der Waals surface area contributed by atoms with Crippen LogP contribution in [0.5, 0.6) is 0 Å². The second-order valence-corrected chi connectivity index (χ2v) is 6.59. The van der Waals surface area contributed by atoms with Gasteiger partial charge in [0.05, 0.1) is 12.6 Å². The molecule has 2 aliphatic heterocycles. The van der Waals surface area contributed by atoms with Gasteiger partial charge in [-0.15, -0.1) is 0 Å². The van der Waals surface area contributed by atoms with Gasteiger partial charge in [0, 0.05) is 24.9 Å². The highest BCUT2D eigenvalue weighted by Gasteiger charge is 2.52. The van der Waals surface area contributed by atoms with Crippen LogP contribution in [0.2, 0.25) is 0 Å². The van der Waals surface area contributed by atoms with Crippen molar-refractivity contribution in [3.05, 3.63) is 27.9 Å². The fraction of sp³-hybridized carbons (Fsp3) is 0.600. The predicted molar refractivity (Wildman–Crippen MR) is 79.2 cm³/mol. The van der Waals surface area contributed by atoms with Gasteiger partial charge in [0.15, 0.2) is 5.60 Å². The maximum atomic E-state index is 12.7. The molecule has 2 N–H and O–H groups in total. The largest absolute Gasteiger partial charge is 0.439 e. The molecule has 3 heterocycles. The van der Waals surface area contributed by atoms with Gasteiger partial charge < -0.3 is 19.9 Å². The number of aromatic amines is 1. The molecule has 1 saturated carbocycles. The van der Waals surface area contributed by atoms with Crippen LogP contribution in [0.15, 0.2) is 10.9 Å². The van der Waals surface area contributed by atoms with Crippen LogP contribution in [0.1, 0.15) is 48.4 Å². The van der Waals surface area contributed by atoms with Crippen molar-refractivity contribution < 1.29 is 14.3 Å². The number of hydrogen-bond acceptors (Lipinski definition) is 5. The fourth-order valence-corrected chi connectivity index (χ4v) is 3.32. The van der Waals surface area contributed by atoms with Crippen LogP contribution in [0.3, 0.4) is 0 Å². The van der Waals surface area contributed by atoms with Crippen LogP contribution in [0.4, 0.5) is 4.79 Å². The first-order valence-corrected chi connectivity index (χ1v) is 7.87. The van der Waals surface area contributed by atoms with Crippen molar-refractivity contribution >= 4 is 12.0 Å². The smallest absolute Gasteiger partial charge is 0.408 e. The third-order valence-corrected chi connectivity index (χ3v) is 4.91. The topological polar surface area (TPSA) is 104 Å². The normalized spacial score (nSPS) is 29.7. The molecular formula is C15H18N4O4. The summed E-state index contributed by atoms with van der Waals surface area (Å²) in [5, 5.41) is 2.72. The van der Waals surface area contributed by atoms with Crippen LogP contribution in [-0.4, -0.2) is 51.6 Å². The minimum absolute atomic E-state index is 0.151. The SMILES string of the molecule is CC1NC(=O)OC12CCN(C(=O)c1cc(=O)[nH]c(C3CC3)n1)C2. The summed E-state index contributed by atoms with van der Waals surface area (Å²) in [6.07, 6.45) is 2.12. The summed E-state index contributed by atoms with van der Waals surface area (Å²) in [5.74, 6) is 0.572. The first-order valence-electron chi connectivity index (χ1n) is 7.87. The molecule has 1 spiro atoms. The van der Waals surface area contributed by atoms with E-state index in [2.05, 4.69) is 15.3 Å². The van der Waals surface area contributed by atoms with Gasteiger partial charge in [0.2, 0.25) is 0 Å². The number of rotatable bonds is 2. The summed E-state index contributed by atoms with van der Waals surface area (Å²) < 4.78 is 5.40. The molecular weight excluding hydrogens is 300 g/mol. The van der Waals surface area contributed by atoms with Gasteiger partial charge in [-0.1, -0.05) is 0 Å². The van der Waals surface area contributed by atoms with Gasteiger partial charge in [-0.25, -0.2) is 9.78 Å². The van der Waals surface area contributed by atoms with E-state index in [9.17, 15) is 14.4 Å². The van der Waals surface area contributed by atoms with E-state index in [0.29, 0.717) is 25.3 Å². The number of amides is 2. The zero-order chi connectivity index (χ0) is 16.2. The fourth-order valence-electron chi connectivity index (χ4n) is 3.32. The molecule has 0 radical (unpaired) electrons. The highest BCUT2D eigenvalue weighted by molar-refractivity contribution is 5.92. The number of ether oxygens (including phenoxy) is 1. The summed E-state index contributed by atoms with van der Waals surface area (Å²) in [6.45, 7) is 2.67. The van der Waals surface area contributed by atoms with E-state index in [4.69, 9.17) is 4.74 Å². The monoisotopic (exact) mass is 318 g/mol. The summed E-state index contributed by atoms with van der Waals surface area (Å²) in [6, 6.07) is 1.09. The van der Waals surface area contributed by atoms with E-state index in [-0.39, 0.29) is 29.1 Å². The van der Waals surface area contributed by atoms with Crippen LogP contribution in [0, 0.1) is 0 Å². The van der Waals surface area contributed by atoms with E-state index in [0.717, 1.165) is 12.8 Å². The first-order chi connectivity index (χ1) is 11.0.